The average Bonchev–Trinajstić information content (AvgIpc) is 3.27. The predicted octanol–water partition coefficient (Wildman–Crippen LogP) is 2.41. The van der Waals surface area contributed by atoms with Crippen molar-refractivity contribution >= 4 is 5.91 Å². The van der Waals surface area contributed by atoms with Gasteiger partial charge in [0.15, 0.2) is 24.2 Å². The number of para-hydroxylation sites is 2. The summed E-state index contributed by atoms with van der Waals surface area (Å²) in [5.41, 5.74) is 0.781. The first kappa shape index (κ1) is 17.8. The summed E-state index contributed by atoms with van der Waals surface area (Å²) in [7, 11) is 1.72. The number of aromatic nitrogens is 2. The molecule has 3 aromatic rings. The van der Waals surface area contributed by atoms with E-state index in [0.717, 1.165) is 11.3 Å². The third-order valence-electron chi connectivity index (χ3n) is 4.29. The Hall–Kier alpha value is -3.55. The number of benzene rings is 2. The van der Waals surface area contributed by atoms with Crippen molar-refractivity contribution in [2.45, 2.75) is 6.10 Å². The van der Waals surface area contributed by atoms with Gasteiger partial charge in [0.05, 0.1) is 6.54 Å². The van der Waals surface area contributed by atoms with E-state index in [1.54, 1.807) is 36.2 Å². The summed E-state index contributed by atoms with van der Waals surface area (Å²) in [6.45, 7) is 0.736. The number of rotatable bonds is 6. The van der Waals surface area contributed by atoms with E-state index in [4.69, 9.17) is 18.6 Å². The van der Waals surface area contributed by atoms with Crippen molar-refractivity contribution in [3.05, 3.63) is 54.9 Å². The average molecular weight is 381 g/mol. The zero-order chi connectivity index (χ0) is 19.3. The fourth-order valence-corrected chi connectivity index (χ4v) is 2.81. The Morgan fingerprint density at radius 1 is 1.18 bits per heavy atom. The molecule has 1 unspecified atom stereocenters. The Morgan fingerprint density at radius 3 is 2.71 bits per heavy atom. The lowest BCUT2D eigenvalue weighted by atomic mass is 10.2. The second-order valence-electron chi connectivity index (χ2n) is 6.33. The summed E-state index contributed by atoms with van der Waals surface area (Å²) in [5.74, 6) is 2.27. The molecule has 0 N–H and O–H groups in total. The van der Waals surface area contributed by atoms with Crippen molar-refractivity contribution in [1.29, 1.82) is 0 Å². The topological polar surface area (TPSA) is 86.9 Å². The van der Waals surface area contributed by atoms with Crippen LogP contribution in [-0.2, 0) is 4.79 Å². The lowest BCUT2D eigenvalue weighted by Crippen LogP contribution is -2.43. The van der Waals surface area contributed by atoms with E-state index in [-0.39, 0.29) is 18.6 Å². The molecule has 1 aliphatic rings. The fourth-order valence-electron chi connectivity index (χ4n) is 2.81. The molecule has 0 radical (unpaired) electrons. The molecule has 144 valence electrons. The second kappa shape index (κ2) is 7.99. The van der Waals surface area contributed by atoms with E-state index in [0.29, 0.717) is 30.5 Å². The Kier molecular flexibility index (Phi) is 5.09. The molecule has 28 heavy (non-hydrogen) atoms. The summed E-state index contributed by atoms with van der Waals surface area (Å²) in [4.78, 5) is 13.9. The number of amides is 1. The monoisotopic (exact) mass is 381 g/mol. The Morgan fingerprint density at radius 2 is 1.96 bits per heavy atom. The Balaban J connectivity index is 1.27. The van der Waals surface area contributed by atoms with E-state index < -0.39 is 0 Å². The molecule has 0 spiro atoms. The van der Waals surface area contributed by atoms with Crippen LogP contribution in [0.2, 0.25) is 0 Å². The zero-order valence-corrected chi connectivity index (χ0v) is 15.3. The molecule has 2 aromatic carbocycles. The van der Waals surface area contributed by atoms with Crippen LogP contribution in [0.5, 0.6) is 17.2 Å². The summed E-state index contributed by atoms with van der Waals surface area (Å²) in [6, 6.07) is 14.6. The van der Waals surface area contributed by atoms with E-state index in [1.807, 2.05) is 24.3 Å². The van der Waals surface area contributed by atoms with E-state index in [1.165, 1.54) is 6.39 Å². The molecule has 0 saturated heterocycles. The number of likely N-dealkylation sites (N-methyl/N-ethyl adjacent to an activating group) is 1. The molecule has 0 aliphatic carbocycles. The van der Waals surface area contributed by atoms with Gasteiger partial charge < -0.3 is 23.5 Å². The van der Waals surface area contributed by atoms with E-state index in [2.05, 4.69) is 10.2 Å². The highest BCUT2D eigenvalue weighted by atomic mass is 16.6. The first-order valence-corrected chi connectivity index (χ1v) is 8.81. The number of carbonyl (C=O) groups excluding carboxylic acids is 1. The molecule has 1 amide bonds. The normalized spacial score (nSPS) is 15.1. The maximum absolute atomic E-state index is 12.4. The third kappa shape index (κ3) is 4.06. The smallest absolute Gasteiger partial charge is 0.260 e. The maximum atomic E-state index is 12.4. The first-order chi connectivity index (χ1) is 13.7. The van der Waals surface area contributed by atoms with Crippen molar-refractivity contribution in [3.8, 4) is 28.7 Å². The van der Waals surface area contributed by atoms with Gasteiger partial charge in [-0.05, 0) is 36.4 Å². The number of hydrogen-bond acceptors (Lipinski definition) is 7. The van der Waals surface area contributed by atoms with Gasteiger partial charge in [-0.15, -0.1) is 10.2 Å². The van der Waals surface area contributed by atoms with Gasteiger partial charge in [-0.2, -0.15) is 0 Å². The minimum Gasteiger partial charge on any atom is -0.486 e. The zero-order valence-electron chi connectivity index (χ0n) is 15.3. The quantitative estimate of drug-likeness (QED) is 0.648. The molecule has 1 atom stereocenters. The van der Waals surface area contributed by atoms with Crippen molar-refractivity contribution in [1.82, 2.24) is 15.1 Å². The van der Waals surface area contributed by atoms with Gasteiger partial charge >= 0.3 is 0 Å². The number of carbonyl (C=O) groups is 1. The first-order valence-electron chi connectivity index (χ1n) is 8.81. The van der Waals surface area contributed by atoms with Gasteiger partial charge in [-0.1, -0.05) is 12.1 Å². The lowest BCUT2D eigenvalue weighted by Gasteiger charge is -2.29. The summed E-state index contributed by atoms with van der Waals surface area (Å²) < 4.78 is 22.3. The van der Waals surface area contributed by atoms with Crippen LogP contribution in [0.1, 0.15) is 0 Å². The van der Waals surface area contributed by atoms with E-state index >= 15 is 0 Å². The minimum absolute atomic E-state index is 0.0689. The highest BCUT2D eigenvalue weighted by Crippen LogP contribution is 2.31. The van der Waals surface area contributed by atoms with Crippen LogP contribution >= 0.6 is 0 Å². The molecule has 2 heterocycles. The highest BCUT2D eigenvalue weighted by molar-refractivity contribution is 5.77. The van der Waals surface area contributed by atoms with E-state index in [9.17, 15) is 4.79 Å². The number of hydrogen-bond donors (Lipinski definition) is 0. The van der Waals surface area contributed by atoms with Crippen LogP contribution < -0.4 is 14.2 Å². The molecule has 0 saturated carbocycles. The van der Waals surface area contributed by atoms with Crippen LogP contribution in [-0.4, -0.2) is 53.9 Å². The summed E-state index contributed by atoms with van der Waals surface area (Å²) in [5, 5.41) is 7.49. The molecular formula is C20H19N3O5. The second-order valence-corrected chi connectivity index (χ2v) is 6.33. The molecule has 8 heteroatoms. The van der Waals surface area contributed by atoms with Crippen LogP contribution in [0.3, 0.4) is 0 Å². The SMILES string of the molecule is CN(CC1COc2ccccc2O1)C(=O)COc1ccc(-c2nnco2)cc1. The molecular weight excluding hydrogens is 362 g/mol. The van der Waals surface area contributed by atoms with Gasteiger partial charge in [-0.3, -0.25) is 4.79 Å². The minimum atomic E-state index is -0.225. The van der Waals surface area contributed by atoms with Gasteiger partial charge in [0.2, 0.25) is 12.3 Å². The predicted molar refractivity (Wildman–Crippen MR) is 99.2 cm³/mol. The lowest BCUT2D eigenvalue weighted by molar-refractivity contribution is -0.133. The largest absolute Gasteiger partial charge is 0.486 e. The molecule has 8 nitrogen and oxygen atoms in total. The van der Waals surface area contributed by atoms with Crippen molar-refractivity contribution in [2.24, 2.45) is 0 Å². The van der Waals surface area contributed by atoms with Crippen LogP contribution in [0.15, 0.2) is 59.3 Å². The molecule has 0 bridgehead atoms. The van der Waals surface area contributed by atoms with Gasteiger partial charge in [0.25, 0.3) is 5.91 Å². The number of fused-ring (bicyclic) bond motifs is 1. The molecule has 0 fully saturated rings. The van der Waals surface area contributed by atoms with Crippen molar-refractivity contribution < 1.29 is 23.4 Å². The molecule has 4 rings (SSSR count). The Bertz CT molecular complexity index is 927. The van der Waals surface area contributed by atoms with Crippen molar-refractivity contribution in [3.63, 3.8) is 0 Å². The van der Waals surface area contributed by atoms with Gasteiger partial charge in [-0.25, -0.2) is 0 Å². The molecule has 1 aliphatic heterocycles. The van der Waals surface area contributed by atoms with Crippen molar-refractivity contribution in [2.75, 3.05) is 26.8 Å². The number of ether oxygens (including phenoxy) is 3. The maximum Gasteiger partial charge on any atom is 0.260 e. The van der Waals surface area contributed by atoms with Crippen LogP contribution in [0.4, 0.5) is 0 Å². The highest BCUT2D eigenvalue weighted by Gasteiger charge is 2.23. The van der Waals surface area contributed by atoms with Crippen LogP contribution in [0, 0.1) is 0 Å². The van der Waals surface area contributed by atoms with Gasteiger partial charge in [0, 0.05) is 12.6 Å². The van der Waals surface area contributed by atoms with Gasteiger partial charge in [0.1, 0.15) is 12.4 Å². The fraction of sp³-hybridized carbons (Fsp3) is 0.250. The molecule has 1 aromatic heterocycles. The standard InChI is InChI=1S/C20H19N3O5/c1-23(10-16-11-26-17-4-2-3-5-18(17)28-16)19(24)12-25-15-8-6-14(7-9-15)20-22-21-13-27-20/h2-9,13,16H,10-12H2,1H3. The summed E-state index contributed by atoms with van der Waals surface area (Å²) >= 11 is 0. The third-order valence-corrected chi connectivity index (χ3v) is 4.29. The summed E-state index contributed by atoms with van der Waals surface area (Å²) in [6.07, 6.45) is 1.05. The number of nitrogens with zero attached hydrogens (tertiary/aromatic N) is 3. The Labute approximate surface area is 161 Å². The van der Waals surface area contributed by atoms with Crippen LogP contribution in [0.25, 0.3) is 11.5 Å².